The van der Waals surface area contributed by atoms with Crippen LogP contribution in [0.3, 0.4) is 0 Å². The summed E-state index contributed by atoms with van der Waals surface area (Å²) < 4.78 is 0. The lowest BCUT2D eigenvalue weighted by atomic mass is 10.0. The minimum Gasteiger partial charge on any atom is -0.391 e. The molecule has 2 N–H and O–H groups in total. The maximum atomic E-state index is 9.71. The molecule has 1 aliphatic heterocycles. The van der Waals surface area contributed by atoms with Gasteiger partial charge in [-0.1, -0.05) is 26.0 Å². The van der Waals surface area contributed by atoms with Crippen LogP contribution < -0.4 is 5.32 Å². The normalized spacial score (nSPS) is 25.2. The molecule has 2 unspecified atom stereocenters. The molecule has 1 aromatic rings. The predicted molar refractivity (Wildman–Crippen MR) is 69.1 cm³/mol. The Bertz CT molecular complexity index is 336. The highest BCUT2D eigenvalue weighted by Crippen LogP contribution is 2.28. The summed E-state index contributed by atoms with van der Waals surface area (Å²) in [5, 5.41) is 13.2. The zero-order valence-corrected chi connectivity index (χ0v) is 10.6. The van der Waals surface area contributed by atoms with Crippen LogP contribution >= 0.6 is 11.8 Å². The number of aliphatic hydroxyl groups is 1. The Morgan fingerprint density at radius 1 is 1.25 bits per heavy atom. The van der Waals surface area contributed by atoms with E-state index in [0.717, 1.165) is 13.1 Å². The van der Waals surface area contributed by atoms with Gasteiger partial charge in [0.15, 0.2) is 0 Å². The highest BCUT2D eigenvalue weighted by atomic mass is 32.2. The van der Waals surface area contributed by atoms with Gasteiger partial charge in [-0.15, -0.1) is 11.8 Å². The van der Waals surface area contributed by atoms with Gasteiger partial charge in [0.1, 0.15) is 0 Å². The summed E-state index contributed by atoms with van der Waals surface area (Å²) >= 11 is 1.77. The number of aliphatic hydroxyl groups excluding tert-OH is 1. The van der Waals surface area contributed by atoms with E-state index in [9.17, 15) is 5.11 Å². The van der Waals surface area contributed by atoms with Crippen LogP contribution in [0.1, 0.15) is 25.3 Å². The van der Waals surface area contributed by atoms with Gasteiger partial charge in [0.05, 0.1) is 6.10 Å². The van der Waals surface area contributed by atoms with Gasteiger partial charge < -0.3 is 10.4 Å². The summed E-state index contributed by atoms with van der Waals surface area (Å²) in [4.78, 5) is 1.25. The van der Waals surface area contributed by atoms with Crippen LogP contribution in [0, 0.1) is 0 Å². The summed E-state index contributed by atoms with van der Waals surface area (Å²) in [5.74, 6) is 0.581. The fraction of sp³-hybridized carbons (Fsp3) is 0.538. The molecule has 0 aliphatic carbocycles. The Morgan fingerprint density at radius 2 is 1.94 bits per heavy atom. The minimum absolute atomic E-state index is 0.213. The van der Waals surface area contributed by atoms with Crippen molar-refractivity contribution in [2.45, 2.75) is 36.0 Å². The van der Waals surface area contributed by atoms with E-state index in [-0.39, 0.29) is 6.10 Å². The predicted octanol–water partition coefficient (Wildman–Crippen LogP) is 2.23. The van der Waals surface area contributed by atoms with Crippen LogP contribution in [0.25, 0.3) is 0 Å². The Balaban J connectivity index is 1.99. The third kappa shape index (κ3) is 2.78. The lowest BCUT2D eigenvalue weighted by Gasteiger charge is -2.13. The first-order chi connectivity index (χ1) is 7.66. The van der Waals surface area contributed by atoms with Crippen LogP contribution in [0.15, 0.2) is 29.2 Å². The average molecular weight is 237 g/mol. The number of rotatable bonds is 3. The number of benzene rings is 1. The van der Waals surface area contributed by atoms with Crippen LogP contribution in [-0.4, -0.2) is 29.5 Å². The van der Waals surface area contributed by atoms with Gasteiger partial charge in [0.2, 0.25) is 0 Å². The quantitative estimate of drug-likeness (QED) is 0.845. The molecule has 16 heavy (non-hydrogen) atoms. The molecule has 1 aliphatic rings. The fourth-order valence-corrected chi connectivity index (χ4v) is 2.96. The summed E-state index contributed by atoms with van der Waals surface area (Å²) in [7, 11) is 0. The van der Waals surface area contributed by atoms with Crippen molar-refractivity contribution in [2.24, 2.45) is 0 Å². The van der Waals surface area contributed by atoms with E-state index in [0.29, 0.717) is 11.2 Å². The maximum Gasteiger partial charge on any atom is 0.0798 e. The van der Waals surface area contributed by atoms with E-state index < -0.39 is 0 Å². The largest absolute Gasteiger partial charge is 0.391 e. The minimum atomic E-state index is -0.213. The highest BCUT2D eigenvalue weighted by molar-refractivity contribution is 8.00. The van der Waals surface area contributed by atoms with Gasteiger partial charge in [0, 0.05) is 23.2 Å². The molecule has 0 aromatic heterocycles. The highest BCUT2D eigenvalue weighted by Gasteiger charge is 2.25. The van der Waals surface area contributed by atoms with Crippen molar-refractivity contribution in [1.29, 1.82) is 0 Å². The van der Waals surface area contributed by atoms with Crippen molar-refractivity contribution in [1.82, 2.24) is 5.32 Å². The molecule has 3 heteroatoms. The smallest absolute Gasteiger partial charge is 0.0798 e. The van der Waals surface area contributed by atoms with Crippen molar-refractivity contribution < 1.29 is 5.11 Å². The van der Waals surface area contributed by atoms with Gasteiger partial charge in [-0.3, -0.25) is 0 Å². The van der Waals surface area contributed by atoms with Crippen LogP contribution in [0.2, 0.25) is 0 Å². The molecule has 0 amide bonds. The molecule has 1 heterocycles. The molecule has 0 saturated carbocycles. The molecule has 1 aromatic carbocycles. The number of β-amino-alcohol motifs (C(OH)–C–C–N with tert-alkyl or cyclic N) is 1. The zero-order valence-electron chi connectivity index (χ0n) is 9.81. The lowest BCUT2D eigenvalue weighted by molar-refractivity contribution is 0.201. The van der Waals surface area contributed by atoms with Crippen molar-refractivity contribution in [3.8, 4) is 0 Å². The monoisotopic (exact) mass is 237 g/mol. The first-order valence-corrected chi connectivity index (χ1v) is 6.70. The van der Waals surface area contributed by atoms with Crippen LogP contribution in [0.4, 0.5) is 0 Å². The molecule has 2 atom stereocenters. The van der Waals surface area contributed by atoms with Crippen molar-refractivity contribution in [2.75, 3.05) is 13.1 Å². The Labute approximate surface area is 101 Å². The van der Waals surface area contributed by atoms with Gasteiger partial charge in [-0.05, 0) is 23.6 Å². The number of thioether (sulfide) groups is 1. The van der Waals surface area contributed by atoms with Gasteiger partial charge in [0.25, 0.3) is 0 Å². The zero-order chi connectivity index (χ0) is 11.5. The first-order valence-electron chi connectivity index (χ1n) is 5.82. The van der Waals surface area contributed by atoms with E-state index in [1.54, 1.807) is 11.8 Å². The van der Waals surface area contributed by atoms with Gasteiger partial charge >= 0.3 is 0 Å². The Hall–Kier alpha value is -0.510. The maximum absolute atomic E-state index is 9.71. The topological polar surface area (TPSA) is 32.3 Å². The number of hydrogen-bond acceptors (Lipinski definition) is 3. The Morgan fingerprint density at radius 3 is 2.44 bits per heavy atom. The third-order valence-corrected chi connectivity index (χ3v) is 4.29. The van der Waals surface area contributed by atoms with E-state index in [1.807, 2.05) is 0 Å². The van der Waals surface area contributed by atoms with E-state index in [1.165, 1.54) is 10.5 Å². The SMILES string of the molecule is CC(C)c1ccc(SC2CNCC2O)cc1. The molecule has 2 rings (SSSR count). The van der Waals surface area contributed by atoms with E-state index in [2.05, 4.69) is 43.4 Å². The van der Waals surface area contributed by atoms with Crippen molar-refractivity contribution in [3.05, 3.63) is 29.8 Å². The molecule has 0 spiro atoms. The fourth-order valence-electron chi connectivity index (χ4n) is 1.87. The second kappa shape index (κ2) is 5.21. The van der Waals surface area contributed by atoms with E-state index in [4.69, 9.17) is 0 Å². The molecule has 88 valence electrons. The van der Waals surface area contributed by atoms with Crippen molar-refractivity contribution >= 4 is 11.8 Å². The number of nitrogens with one attached hydrogen (secondary N) is 1. The summed E-state index contributed by atoms with van der Waals surface area (Å²) in [6.45, 7) is 6.03. The van der Waals surface area contributed by atoms with Crippen LogP contribution in [-0.2, 0) is 0 Å². The van der Waals surface area contributed by atoms with Crippen LogP contribution in [0.5, 0.6) is 0 Å². The third-order valence-electron chi connectivity index (χ3n) is 2.96. The summed E-state index contributed by atoms with van der Waals surface area (Å²) in [5.41, 5.74) is 1.37. The molecule has 1 saturated heterocycles. The first kappa shape index (κ1) is 12.0. The summed E-state index contributed by atoms with van der Waals surface area (Å²) in [6, 6.07) is 8.68. The molecule has 0 bridgehead atoms. The lowest BCUT2D eigenvalue weighted by Crippen LogP contribution is -2.19. The Kier molecular flexibility index (Phi) is 3.90. The standard InChI is InChI=1S/C13H19NOS/c1-9(2)10-3-5-11(6-4-10)16-13-8-14-7-12(13)15/h3-6,9,12-15H,7-8H2,1-2H3. The average Bonchev–Trinajstić information content (AvgIpc) is 2.65. The molecule has 1 fully saturated rings. The molecule has 2 nitrogen and oxygen atoms in total. The van der Waals surface area contributed by atoms with Gasteiger partial charge in [-0.2, -0.15) is 0 Å². The summed E-state index contributed by atoms with van der Waals surface area (Å²) in [6.07, 6.45) is -0.213. The molecule has 0 radical (unpaired) electrons. The molecular formula is C13H19NOS. The second-order valence-corrected chi connectivity index (χ2v) is 5.92. The van der Waals surface area contributed by atoms with Crippen molar-refractivity contribution in [3.63, 3.8) is 0 Å². The molecular weight excluding hydrogens is 218 g/mol. The van der Waals surface area contributed by atoms with Gasteiger partial charge in [-0.25, -0.2) is 0 Å². The second-order valence-electron chi connectivity index (χ2n) is 4.61. The number of hydrogen-bond donors (Lipinski definition) is 2. The van der Waals surface area contributed by atoms with E-state index >= 15 is 0 Å².